The molecule has 0 fully saturated rings. The average Bonchev–Trinajstić information content (AvgIpc) is 2.66. The number of aromatic nitrogens is 1. The first-order valence-electron chi connectivity index (χ1n) is 8.67. The lowest BCUT2D eigenvalue weighted by Gasteiger charge is -2.26. The zero-order chi connectivity index (χ0) is 20.7. The number of halogens is 3. The van der Waals surface area contributed by atoms with Gasteiger partial charge in [-0.05, 0) is 49.6 Å². The van der Waals surface area contributed by atoms with Crippen molar-refractivity contribution in [3.05, 3.63) is 48.0 Å². The van der Waals surface area contributed by atoms with Gasteiger partial charge < -0.3 is 14.4 Å². The molecule has 1 aromatic heterocycles. The molecule has 0 spiro atoms. The van der Waals surface area contributed by atoms with Crippen LogP contribution >= 0.6 is 0 Å². The monoisotopic (exact) mass is 396 g/mol. The van der Waals surface area contributed by atoms with E-state index in [2.05, 4.69) is 9.72 Å². The van der Waals surface area contributed by atoms with Crippen molar-refractivity contribution < 1.29 is 27.4 Å². The maximum absolute atomic E-state index is 13.6. The van der Waals surface area contributed by atoms with Crippen LogP contribution in [-0.4, -0.2) is 42.2 Å². The molecule has 0 atom stereocenters. The molecule has 28 heavy (non-hydrogen) atoms. The maximum atomic E-state index is 13.6. The maximum Gasteiger partial charge on any atom is 0.387 e. The summed E-state index contributed by atoms with van der Waals surface area (Å²) in [6, 6.07) is 5.47. The van der Waals surface area contributed by atoms with E-state index in [4.69, 9.17) is 4.74 Å². The molecule has 5 nitrogen and oxygen atoms in total. The van der Waals surface area contributed by atoms with E-state index in [-0.39, 0.29) is 5.60 Å². The van der Waals surface area contributed by atoms with E-state index in [1.165, 1.54) is 18.3 Å². The number of methoxy groups -OCH3 is 1. The summed E-state index contributed by atoms with van der Waals surface area (Å²) in [4.78, 5) is 17.1. The van der Waals surface area contributed by atoms with Crippen molar-refractivity contribution in [2.24, 2.45) is 0 Å². The van der Waals surface area contributed by atoms with Crippen molar-refractivity contribution >= 4 is 6.41 Å². The number of carbonyl (C=O) groups excluding carboxylic acids is 1. The second-order valence-electron chi connectivity index (χ2n) is 6.90. The minimum atomic E-state index is -3.12. The van der Waals surface area contributed by atoms with Gasteiger partial charge in [0.05, 0.1) is 5.60 Å². The molecular formula is C20H23F3N2O3. The molecule has 1 heterocycles. The van der Waals surface area contributed by atoms with Crippen LogP contribution in [0, 0.1) is 5.82 Å². The molecular weight excluding hydrogens is 373 g/mol. The number of pyridine rings is 1. The summed E-state index contributed by atoms with van der Waals surface area (Å²) in [7, 11) is 1.62. The molecule has 2 rings (SSSR count). The van der Waals surface area contributed by atoms with Crippen LogP contribution in [0.25, 0.3) is 11.1 Å². The standard InChI is InChI=1S/C20H23F3N2O3/c1-20(2,27-3)6-7-25(13-26)12-14-8-16(11-24-10-14)15-4-5-17(21)18(9-15)28-19(22)23/h4-5,8-11,13,19H,6-7,12H2,1-3H3. The Kier molecular flexibility index (Phi) is 7.39. The highest BCUT2D eigenvalue weighted by Gasteiger charge is 2.18. The highest BCUT2D eigenvalue weighted by molar-refractivity contribution is 5.65. The minimum Gasteiger partial charge on any atom is -0.432 e. The van der Waals surface area contributed by atoms with E-state index < -0.39 is 18.2 Å². The SMILES string of the molecule is COC(C)(C)CCN(C=O)Cc1cncc(-c2ccc(F)c(OC(F)F)c2)c1. The van der Waals surface area contributed by atoms with Gasteiger partial charge in [0.15, 0.2) is 11.6 Å². The topological polar surface area (TPSA) is 51.7 Å². The van der Waals surface area contributed by atoms with Gasteiger partial charge in [-0.25, -0.2) is 4.39 Å². The Bertz CT molecular complexity index is 800. The smallest absolute Gasteiger partial charge is 0.387 e. The Hall–Kier alpha value is -2.61. The van der Waals surface area contributed by atoms with E-state index in [0.717, 1.165) is 18.0 Å². The predicted molar refractivity (Wildman–Crippen MR) is 98.4 cm³/mol. The van der Waals surface area contributed by atoms with E-state index in [9.17, 15) is 18.0 Å². The fourth-order valence-electron chi connectivity index (χ4n) is 2.52. The molecule has 1 aromatic carbocycles. The van der Waals surface area contributed by atoms with Gasteiger partial charge in [-0.3, -0.25) is 9.78 Å². The highest BCUT2D eigenvalue weighted by atomic mass is 19.3. The molecule has 0 radical (unpaired) electrons. The van der Waals surface area contributed by atoms with Crippen molar-refractivity contribution in [3.63, 3.8) is 0 Å². The third-order valence-corrected chi connectivity index (χ3v) is 4.36. The van der Waals surface area contributed by atoms with Crippen LogP contribution < -0.4 is 4.74 Å². The lowest BCUT2D eigenvalue weighted by molar-refractivity contribution is -0.119. The number of rotatable bonds is 10. The zero-order valence-electron chi connectivity index (χ0n) is 16.0. The van der Waals surface area contributed by atoms with Crippen LogP contribution in [0.2, 0.25) is 0 Å². The Balaban J connectivity index is 2.16. The van der Waals surface area contributed by atoms with Crippen LogP contribution in [0.3, 0.4) is 0 Å². The van der Waals surface area contributed by atoms with Crippen LogP contribution in [0.15, 0.2) is 36.7 Å². The number of amides is 1. The fraction of sp³-hybridized carbons (Fsp3) is 0.400. The van der Waals surface area contributed by atoms with Crippen molar-refractivity contribution in [1.82, 2.24) is 9.88 Å². The summed E-state index contributed by atoms with van der Waals surface area (Å²) in [5, 5.41) is 0. The summed E-state index contributed by atoms with van der Waals surface area (Å²) in [6.45, 7) is 1.58. The first-order chi connectivity index (χ1) is 13.2. The van der Waals surface area contributed by atoms with E-state index >= 15 is 0 Å². The van der Waals surface area contributed by atoms with Crippen molar-refractivity contribution in [1.29, 1.82) is 0 Å². The summed E-state index contributed by atoms with van der Waals surface area (Å²) in [6.07, 6.45) is 4.55. The Morgan fingerprint density at radius 1 is 1.21 bits per heavy atom. The van der Waals surface area contributed by atoms with Gasteiger partial charge in [0.25, 0.3) is 0 Å². The van der Waals surface area contributed by atoms with Gasteiger partial charge in [-0.2, -0.15) is 8.78 Å². The molecule has 0 aliphatic carbocycles. The normalized spacial score (nSPS) is 11.5. The lowest BCUT2D eigenvalue weighted by atomic mass is 10.0. The minimum absolute atomic E-state index is 0.325. The first-order valence-corrected chi connectivity index (χ1v) is 8.67. The van der Waals surface area contributed by atoms with Crippen LogP contribution in [0.1, 0.15) is 25.8 Å². The Labute approximate surface area is 162 Å². The second-order valence-corrected chi connectivity index (χ2v) is 6.90. The predicted octanol–water partition coefficient (Wildman–Crippen LogP) is 4.26. The Morgan fingerprint density at radius 3 is 2.61 bits per heavy atom. The number of ether oxygens (including phenoxy) is 2. The Morgan fingerprint density at radius 2 is 1.96 bits per heavy atom. The first kappa shape index (κ1) is 21.7. The van der Waals surface area contributed by atoms with Crippen molar-refractivity contribution in [2.75, 3.05) is 13.7 Å². The molecule has 0 unspecified atom stereocenters. The third kappa shape index (κ3) is 6.23. The van der Waals surface area contributed by atoms with Gasteiger partial charge in [0.1, 0.15) is 0 Å². The fourth-order valence-corrected chi connectivity index (χ4v) is 2.52. The van der Waals surface area contributed by atoms with Crippen molar-refractivity contribution in [3.8, 4) is 16.9 Å². The molecule has 2 aromatic rings. The molecule has 0 aliphatic rings. The lowest BCUT2D eigenvalue weighted by Crippen LogP contribution is -2.31. The second kappa shape index (κ2) is 9.54. The number of carbonyl (C=O) groups is 1. The largest absolute Gasteiger partial charge is 0.432 e. The number of benzene rings is 1. The van der Waals surface area contributed by atoms with Gasteiger partial charge in [-0.1, -0.05) is 6.07 Å². The number of alkyl halides is 2. The molecule has 0 N–H and O–H groups in total. The van der Waals surface area contributed by atoms with E-state index in [1.807, 2.05) is 13.8 Å². The summed E-state index contributed by atoms with van der Waals surface area (Å²) in [5.74, 6) is -1.41. The number of hydrogen-bond donors (Lipinski definition) is 0. The average molecular weight is 396 g/mol. The number of hydrogen-bond acceptors (Lipinski definition) is 4. The van der Waals surface area contributed by atoms with Crippen molar-refractivity contribution in [2.45, 2.75) is 39.0 Å². The van der Waals surface area contributed by atoms with Crippen LogP contribution in [-0.2, 0) is 16.1 Å². The quantitative estimate of drug-likeness (QED) is 0.563. The summed E-state index contributed by atoms with van der Waals surface area (Å²) in [5.41, 5.74) is 1.47. The van der Waals surface area contributed by atoms with Gasteiger partial charge in [0.2, 0.25) is 6.41 Å². The van der Waals surface area contributed by atoms with Crippen LogP contribution in [0.4, 0.5) is 13.2 Å². The molecule has 152 valence electrons. The van der Waals surface area contributed by atoms with Gasteiger partial charge >= 0.3 is 6.61 Å². The molecule has 0 bridgehead atoms. The van der Waals surface area contributed by atoms with E-state index in [1.54, 1.807) is 24.3 Å². The summed E-state index contributed by atoms with van der Waals surface area (Å²) < 4.78 is 48.0. The van der Waals surface area contributed by atoms with Gasteiger partial charge in [0, 0.05) is 38.2 Å². The highest BCUT2D eigenvalue weighted by Crippen LogP contribution is 2.28. The molecule has 8 heteroatoms. The van der Waals surface area contributed by atoms with Gasteiger partial charge in [-0.15, -0.1) is 0 Å². The number of nitrogens with zero attached hydrogens (tertiary/aromatic N) is 2. The molecule has 0 aliphatic heterocycles. The molecule has 0 saturated heterocycles. The summed E-state index contributed by atoms with van der Waals surface area (Å²) >= 11 is 0. The molecule has 1 amide bonds. The molecule has 0 saturated carbocycles. The zero-order valence-corrected chi connectivity index (χ0v) is 16.0. The van der Waals surface area contributed by atoms with E-state index in [0.29, 0.717) is 30.6 Å². The third-order valence-electron chi connectivity index (χ3n) is 4.36. The van der Waals surface area contributed by atoms with Crippen LogP contribution in [0.5, 0.6) is 5.75 Å².